The zero-order valence-corrected chi connectivity index (χ0v) is 14.2. The Morgan fingerprint density at radius 2 is 1.84 bits per heavy atom. The second kappa shape index (κ2) is 7.94. The van der Waals surface area contributed by atoms with Gasteiger partial charge in [-0.3, -0.25) is 9.59 Å². The number of para-hydroxylation sites is 1. The number of rotatable bonds is 5. The summed E-state index contributed by atoms with van der Waals surface area (Å²) in [5.41, 5.74) is 2.59. The Hall–Kier alpha value is -2.66. The van der Waals surface area contributed by atoms with Crippen molar-refractivity contribution in [3.05, 3.63) is 65.2 Å². The maximum atomic E-state index is 12.5. The minimum absolute atomic E-state index is 0.0817. The Labute approximate surface area is 147 Å². The van der Waals surface area contributed by atoms with E-state index in [0.717, 1.165) is 25.0 Å². The van der Waals surface area contributed by atoms with Crippen molar-refractivity contribution < 1.29 is 14.3 Å². The van der Waals surface area contributed by atoms with Crippen LogP contribution >= 0.6 is 0 Å². The SMILES string of the molecule is Cc1ccc(C(=O)Nc2ccccc2C(=O)NC[C@H]2CCCO2)cc1. The second-order valence-electron chi connectivity index (χ2n) is 6.21. The van der Waals surface area contributed by atoms with E-state index in [2.05, 4.69) is 10.6 Å². The van der Waals surface area contributed by atoms with Gasteiger partial charge in [-0.15, -0.1) is 0 Å². The lowest BCUT2D eigenvalue weighted by Crippen LogP contribution is -2.32. The van der Waals surface area contributed by atoms with Crippen molar-refractivity contribution in [2.75, 3.05) is 18.5 Å². The van der Waals surface area contributed by atoms with Gasteiger partial charge in [0.25, 0.3) is 11.8 Å². The third-order valence-electron chi connectivity index (χ3n) is 4.25. The number of ether oxygens (including phenoxy) is 1. The van der Waals surface area contributed by atoms with Gasteiger partial charge < -0.3 is 15.4 Å². The van der Waals surface area contributed by atoms with Crippen molar-refractivity contribution in [2.45, 2.75) is 25.9 Å². The highest BCUT2D eigenvalue weighted by Gasteiger charge is 2.18. The van der Waals surface area contributed by atoms with E-state index in [-0.39, 0.29) is 17.9 Å². The first-order valence-electron chi connectivity index (χ1n) is 8.50. The van der Waals surface area contributed by atoms with Crippen molar-refractivity contribution in [1.82, 2.24) is 5.32 Å². The van der Waals surface area contributed by atoms with Gasteiger partial charge in [-0.25, -0.2) is 0 Å². The topological polar surface area (TPSA) is 67.4 Å². The van der Waals surface area contributed by atoms with Gasteiger partial charge in [0.2, 0.25) is 0 Å². The first-order valence-corrected chi connectivity index (χ1v) is 8.50. The molecule has 5 nitrogen and oxygen atoms in total. The van der Waals surface area contributed by atoms with E-state index in [1.165, 1.54) is 0 Å². The van der Waals surface area contributed by atoms with E-state index in [1.807, 2.05) is 19.1 Å². The summed E-state index contributed by atoms with van der Waals surface area (Å²) in [5.74, 6) is -0.449. The number of anilines is 1. The number of carbonyl (C=O) groups excluding carboxylic acids is 2. The van der Waals surface area contributed by atoms with Crippen molar-refractivity contribution in [2.24, 2.45) is 0 Å². The second-order valence-corrected chi connectivity index (χ2v) is 6.21. The van der Waals surface area contributed by atoms with Crippen LogP contribution in [0.5, 0.6) is 0 Å². The first kappa shape index (κ1) is 17.2. The van der Waals surface area contributed by atoms with Crippen LogP contribution in [0.1, 0.15) is 39.1 Å². The molecule has 1 fully saturated rings. The molecule has 130 valence electrons. The summed E-state index contributed by atoms with van der Waals surface area (Å²) < 4.78 is 5.52. The molecular formula is C20H22N2O3. The van der Waals surface area contributed by atoms with E-state index >= 15 is 0 Å². The molecule has 1 saturated heterocycles. The zero-order valence-electron chi connectivity index (χ0n) is 14.2. The first-order chi connectivity index (χ1) is 12.1. The molecule has 0 unspecified atom stereocenters. The average molecular weight is 338 g/mol. The van der Waals surface area contributed by atoms with E-state index < -0.39 is 0 Å². The van der Waals surface area contributed by atoms with E-state index in [1.54, 1.807) is 36.4 Å². The average Bonchev–Trinajstić information content (AvgIpc) is 3.14. The van der Waals surface area contributed by atoms with Crippen LogP contribution in [0.2, 0.25) is 0 Å². The molecule has 2 N–H and O–H groups in total. The lowest BCUT2D eigenvalue weighted by molar-refractivity contribution is 0.0858. The highest BCUT2D eigenvalue weighted by atomic mass is 16.5. The van der Waals surface area contributed by atoms with Gasteiger partial charge in [0, 0.05) is 18.7 Å². The van der Waals surface area contributed by atoms with Gasteiger partial charge in [-0.05, 0) is 44.0 Å². The lowest BCUT2D eigenvalue weighted by atomic mass is 10.1. The van der Waals surface area contributed by atoms with Crippen LogP contribution in [-0.2, 0) is 4.74 Å². The van der Waals surface area contributed by atoms with E-state index in [0.29, 0.717) is 23.4 Å². The highest BCUT2D eigenvalue weighted by molar-refractivity contribution is 6.09. The molecule has 1 aliphatic rings. The molecule has 0 spiro atoms. The summed E-state index contributed by atoms with van der Waals surface area (Å²) in [5, 5.41) is 5.71. The fraction of sp³-hybridized carbons (Fsp3) is 0.300. The van der Waals surface area contributed by atoms with Crippen molar-refractivity contribution >= 4 is 17.5 Å². The van der Waals surface area contributed by atoms with Gasteiger partial charge in [0.1, 0.15) is 0 Å². The normalized spacial score (nSPS) is 16.4. The molecule has 0 bridgehead atoms. The Morgan fingerprint density at radius 3 is 2.56 bits per heavy atom. The molecular weight excluding hydrogens is 316 g/mol. The molecule has 3 rings (SSSR count). The number of nitrogens with one attached hydrogen (secondary N) is 2. The minimum Gasteiger partial charge on any atom is -0.376 e. The Morgan fingerprint density at radius 1 is 1.08 bits per heavy atom. The summed E-state index contributed by atoms with van der Waals surface area (Å²) in [4.78, 5) is 24.9. The molecule has 2 amide bonds. The number of hydrogen-bond acceptors (Lipinski definition) is 3. The van der Waals surface area contributed by atoms with Crippen molar-refractivity contribution in [3.8, 4) is 0 Å². The molecule has 1 atom stereocenters. The lowest BCUT2D eigenvalue weighted by Gasteiger charge is -2.14. The summed E-state index contributed by atoms with van der Waals surface area (Å²) in [6.07, 6.45) is 2.08. The maximum absolute atomic E-state index is 12.5. The fourth-order valence-electron chi connectivity index (χ4n) is 2.80. The van der Waals surface area contributed by atoms with Gasteiger partial charge >= 0.3 is 0 Å². The van der Waals surface area contributed by atoms with Crippen LogP contribution in [0.4, 0.5) is 5.69 Å². The van der Waals surface area contributed by atoms with Crippen molar-refractivity contribution in [1.29, 1.82) is 0 Å². The predicted octanol–water partition coefficient (Wildman–Crippen LogP) is 3.16. The number of hydrogen-bond donors (Lipinski definition) is 2. The molecule has 2 aromatic rings. The van der Waals surface area contributed by atoms with Crippen LogP contribution in [0.15, 0.2) is 48.5 Å². The molecule has 0 aliphatic carbocycles. The van der Waals surface area contributed by atoms with Crippen LogP contribution in [0, 0.1) is 6.92 Å². The zero-order chi connectivity index (χ0) is 17.6. The Bertz CT molecular complexity index is 750. The molecule has 0 aromatic heterocycles. The molecule has 0 radical (unpaired) electrons. The van der Waals surface area contributed by atoms with Crippen LogP contribution < -0.4 is 10.6 Å². The van der Waals surface area contributed by atoms with Crippen molar-refractivity contribution in [3.63, 3.8) is 0 Å². The van der Waals surface area contributed by atoms with Crippen LogP contribution in [0.3, 0.4) is 0 Å². The third-order valence-corrected chi connectivity index (χ3v) is 4.25. The van der Waals surface area contributed by atoms with Gasteiger partial charge in [0.05, 0.1) is 17.4 Å². The quantitative estimate of drug-likeness (QED) is 0.880. The number of amides is 2. The molecule has 5 heteroatoms. The molecule has 1 aliphatic heterocycles. The molecule has 0 saturated carbocycles. The summed E-state index contributed by atoms with van der Waals surface area (Å²) in [6.45, 7) is 3.21. The van der Waals surface area contributed by atoms with E-state index in [4.69, 9.17) is 4.74 Å². The number of carbonyl (C=O) groups is 2. The van der Waals surface area contributed by atoms with Crippen LogP contribution in [0.25, 0.3) is 0 Å². The monoisotopic (exact) mass is 338 g/mol. The Kier molecular flexibility index (Phi) is 5.46. The summed E-state index contributed by atoms with van der Waals surface area (Å²) in [7, 11) is 0. The molecule has 2 aromatic carbocycles. The maximum Gasteiger partial charge on any atom is 0.255 e. The molecule has 25 heavy (non-hydrogen) atoms. The minimum atomic E-state index is -0.237. The predicted molar refractivity (Wildman–Crippen MR) is 96.9 cm³/mol. The number of benzene rings is 2. The van der Waals surface area contributed by atoms with Gasteiger partial charge in [0.15, 0.2) is 0 Å². The summed E-state index contributed by atoms with van der Waals surface area (Å²) in [6, 6.07) is 14.3. The standard InChI is InChI=1S/C20H22N2O3/c1-14-8-10-15(11-9-14)19(23)22-18-7-3-2-6-17(18)20(24)21-13-16-5-4-12-25-16/h2-3,6-11,16H,4-5,12-13H2,1H3,(H,21,24)(H,22,23)/t16-/m1/s1. The smallest absolute Gasteiger partial charge is 0.255 e. The summed E-state index contributed by atoms with van der Waals surface area (Å²) >= 11 is 0. The van der Waals surface area contributed by atoms with Crippen LogP contribution in [-0.4, -0.2) is 31.1 Å². The largest absolute Gasteiger partial charge is 0.376 e. The fourth-order valence-corrected chi connectivity index (χ4v) is 2.80. The number of aryl methyl sites for hydroxylation is 1. The molecule has 1 heterocycles. The van der Waals surface area contributed by atoms with E-state index in [9.17, 15) is 9.59 Å². The highest BCUT2D eigenvalue weighted by Crippen LogP contribution is 2.17. The van der Waals surface area contributed by atoms with Gasteiger partial charge in [-0.1, -0.05) is 29.8 Å². The van der Waals surface area contributed by atoms with Gasteiger partial charge in [-0.2, -0.15) is 0 Å². The Balaban J connectivity index is 1.68. The third kappa shape index (κ3) is 4.45.